The predicted octanol–water partition coefficient (Wildman–Crippen LogP) is 1.45. The van der Waals surface area contributed by atoms with E-state index in [0.717, 1.165) is 5.56 Å². The van der Waals surface area contributed by atoms with Crippen molar-refractivity contribution in [2.45, 2.75) is 6.42 Å². The highest BCUT2D eigenvalue weighted by Crippen LogP contribution is 2.16. The molecule has 0 saturated heterocycles. The van der Waals surface area contributed by atoms with Crippen molar-refractivity contribution in [1.29, 1.82) is 0 Å². The summed E-state index contributed by atoms with van der Waals surface area (Å²) < 4.78 is 4.59. The minimum absolute atomic E-state index is 0.117. The van der Waals surface area contributed by atoms with Gasteiger partial charge in [-0.05, 0) is 24.1 Å². The molecule has 16 heavy (non-hydrogen) atoms. The Hall–Kier alpha value is -1.81. The van der Waals surface area contributed by atoms with Crippen LogP contribution < -0.4 is 5.73 Å². The van der Waals surface area contributed by atoms with Crippen LogP contribution in [0, 0.1) is 0 Å². The largest absolute Gasteiger partial charge is 0.465 e. The van der Waals surface area contributed by atoms with E-state index in [2.05, 4.69) is 4.74 Å². The van der Waals surface area contributed by atoms with E-state index in [-0.39, 0.29) is 6.61 Å². The number of aliphatic hydroxyl groups excluding tert-OH is 1. The maximum Gasteiger partial charge on any atom is 0.339 e. The van der Waals surface area contributed by atoms with Gasteiger partial charge in [0.25, 0.3) is 0 Å². The predicted molar refractivity (Wildman–Crippen MR) is 62.9 cm³/mol. The van der Waals surface area contributed by atoms with E-state index in [1.165, 1.54) is 7.11 Å². The molecule has 0 radical (unpaired) electrons. The second-order valence-corrected chi connectivity index (χ2v) is 3.25. The first-order valence-electron chi connectivity index (χ1n) is 4.94. The smallest absolute Gasteiger partial charge is 0.339 e. The summed E-state index contributed by atoms with van der Waals surface area (Å²) in [5.41, 5.74) is 7.36. The molecule has 0 fully saturated rings. The highest BCUT2D eigenvalue weighted by molar-refractivity contribution is 5.95. The van der Waals surface area contributed by atoms with Crippen LogP contribution in [-0.2, 0) is 4.74 Å². The molecule has 0 saturated carbocycles. The van der Waals surface area contributed by atoms with E-state index < -0.39 is 5.97 Å². The summed E-state index contributed by atoms with van der Waals surface area (Å²) in [6.45, 7) is 0.117. The highest BCUT2D eigenvalue weighted by Gasteiger charge is 2.08. The standard InChI is InChI=1S/C12H15NO3/c1-16-12(15)10-6-5-9(8-11(10)13)4-2-3-7-14/h2,4-6,8,14H,3,7,13H2,1H3. The van der Waals surface area contributed by atoms with Gasteiger partial charge in [-0.15, -0.1) is 0 Å². The van der Waals surface area contributed by atoms with Crippen LogP contribution in [0.25, 0.3) is 6.08 Å². The van der Waals surface area contributed by atoms with Crippen molar-refractivity contribution >= 4 is 17.7 Å². The number of carbonyl (C=O) groups excluding carboxylic acids is 1. The molecule has 1 aromatic carbocycles. The SMILES string of the molecule is COC(=O)c1ccc(C=CCCO)cc1N. The number of nitrogen functional groups attached to an aromatic ring is 1. The molecule has 1 rings (SSSR count). The number of methoxy groups -OCH3 is 1. The highest BCUT2D eigenvalue weighted by atomic mass is 16.5. The van der Waals surface area contributed by atoms with Crippen LogP contribution in [0.3, 0.4) is 0 Å². The molecule has 86 valence electrons. The molecular weight excluding hydrogens is 206 g/mol. The summed E-state index contributed by atoms with van der Waals surface area (Å²) in [7, 11) is 1.32. The summed E-state index contributed by atoms with van der Waals surface area (Å²) in [5, 5.41) is 8.61. The zero-order valence-corrected chi connectivity index (χ0v) is 9.14. The molecule has 4 heteroatoms. The Labute approximate surface area is 94.3 Å². The number of nitrogens with two attached hydrogens (primary N) is 1. The van der Waals surface area contributed by atoms with Gasteiger partial charge in [-0.1, -0.05) is 18.2 Å². The third-order valence-corrected chi connectivity index (χ3v) is 2.09. The molecule has 0 unspecified atom stereocenters. The Morgan fingerprint density at radius 2 is 2.31 bits per heavy atom. The average Bonchev–Trinajstić information content (AvgIpc) is 2.29. The summed E-state index contributed by atoms with van der Waals surface area (Å²) in [6, 6.07) is 5.09. The second-order valence-electron chi connectivity index (χ2n) is 3.25. The Morgan fingerprint density at radius 1 is 1.56 bits per heavy atom. The summed E-state index contributed by atoms with van der Waals surface area (Å²) in [5.74, 6) is -0.441. The fourth-order valence-electron chi connectivity index (χ4n) is 1.27. The molecule has 0 atom stereocenters. The van der Waals surface area contributed by atoms with E-state index in [1.54, 1.807) is 18.2 Å². The zero-order chi connectivity index (χ0) is 12.0. The lowest BCUT2D eigenvalue weighted by Gasteiger charge is -2.04. The Balaban J connectivity index is 2.86. The van der Waals surface area contributed by atoms with Gasteiger partial charge in [0.1, 0.15) is 0 Å². The van der Waals surface area contributed by atoms with Gasteiger partial charge in [-0.3, -0.25) is 0 Å². The molecule has 0 amide bonds. The molecule has 3 N–H and O–H groups in total. The summed E-state index contributed by atoms with van der Waals surface area (Å²) in [6.07, 6.45) is 4.28. The molecule has 4 nitrogen and oxygen atoms in total. The Morgan fingerprint density at radius 3 is 2.88 bits per heavy atom. The van der Waals surface area contributed by atoms with Crippen LogP contribution in [-0.4, -0.2) is 24.8 Å². The lowest BCUT2D eigenvalue weighted by atomic mass is 10.1. The van der Waals surface area contributed by atoms with Gasteiger partial charge in [0.05, 0.1) is 12.7 Å². The van der Waals surface area contributed by atoms with E-state index in [1.807, 2.05) is 12.2 Å². The Bertz CT molecular complexity index is 399. The van der Waals surface area contributed by atoms with Crippen molar-refractivity contribution in [2.24, 2.45) is 0 Å². The maximum atomic E-state index is 11.3. The molecule has 0 aliphatic rings. The second kappa shape index (κ2) is 5.92. The molecule has 0 aromatic heterocycles. The number of esters is 1. The first-order valence-corrected chi connectivity index (χ1v) is 4.94. The molecule has 0 spiro atoms. The number of anilines is 1. The maximum absolute atomic E-state index is 11.3. The van der Waals surface area contributed by atoms with Gasteiger partial charge in [0.15, 0.2) is 0 Å². The van der Waals surface area contributed by atoms with Crippen LogP contribution in [0.5, 0.6) is 0 Å². The summed E-state index contributed by atoms with van der Waals surface area (Å²) >= 11 is 0. The molecule has 1 aromatic rings. The number of benzene rings is 1. The Kier molecular flexibility index (Phi) is 4.54. The van der Waals surface area contributed by atoms with Crippen LogP contribution in [0.4, 0.5) is 5.69 Å². The monoisotopic (exact) mass is 221 g/mol. The van der Waals surface area contributed by atoms with Crippen molar-refractivity contribution in [2.75, 3.05) is 19.5 Å². The first-order chi connectivity index (χ1) is 7.69. The van der Waals surface area contributed by atoms with Gasteiger partial charge in [0, 0.05) is 12.3 Å². The fraction of sp³-hybridized carbons (Fsp3) is 0.250. The number of rotatable bonds is 4. The molecule has 0 aliphatic heterocycles. The summed E-state index contributed by atoms with van der Waals surface area (Å²) in [4.78, 5) is 11.3. The van der Waals surface area contributed by atoms with Crippen molar-refractivity contribution < 1.29 is 14.6 Å². The van der Waals surface area contributed by atoms with E-state index in [0.29, 0.717) is 17.7 Å². The minimum Gasteiger partial charge on any atom is -0.465 e. The van der Waals surface area contributed by atoms with Gasteiger partial charge in [0.2, 0.25) is 0 Å². The number of ether oxygens (including phenoxy) is 1. The van der Waals surface area contributed by atoms with E-state index >= 15 is 0 Å². The number of hydrogen-bond acceptors (Lipinski definition) is 4. The van der Waals surface area contributed by atoms with Crippen molar-refractivity contribution in [3.63, 3.8) is 0 Å². The number of aliphatic hydroxyl groups is 1. The van der Waals surface area contributed by atoms with Crippen molar-refractivity contribution in [1.82, 2.24) is 0 Å². The van der Waals surface area contributed by atoms with Crippen LogP contribution in [0.15, 0.2) is 24.3 Å². The zero-order valence-electron chi connectivity index (χ0n) is 9.14. The van der Waals surface area contributed by atoms with E-state index in [9.17, 15) is 4.79 Å². The molecule has 0 heterocycles. The quantitative estimate of drug-likeness (QED) is 0.596. The van der Waals surface area contributed by atoms with Gasteiger partial charge in [-0.25, -0.2) is 4.79 Å². The lowest BCUT2D eigenvalue weighted by Crippen LogP contribution is -2.05. The van der Waals surface area contributed by atoms with E-state index in [4.69, 9.17) is 10.8 Å². The van der Waals surface area contributed by atoms with Gasteiger partial charge in [-0.2, -0.15) is 0 Å². The molecule has 0 aliphatic carbocycles. The molecule has 0 bridgehead atoms. The number of hydrogen-bond donors (Lipinski definition) is 2. The number of carbonyl (C=O) groups is 1. The van der Waals surface area contributed by atoms with Crippen LogP contribution >= 0.6 is 0 Å². The molecular formula is C12H15NO3. The lowest BCUT2D eigenvalue weighted by molar-refractivity contribution is 0.0602. The van der Waals surface area contributed by atoms with Crippen LogP contribution in [0.1, 0.15) is 22.3 Å². The third-order valence-electron chi connectivity index (χ3n) is 2.09. The van der Waals surface area contributed by atoms with Gasteiger partial charge >= 0.3 is 5.97 Å². The van der Waals surface area contributed by atoms with Gasteiger partial charge < -0.3 is 15.6 Å². The van der Waals surface area contributed by atoms with Crippen LogP contribution in [0.2, 0.25) is 0 Å². The minimum atomic E-state index is -0.441. The topological polar surface area (TPSA) is 72.5 Å². The fourth-order valence-corrected chi connectivity index (χ4v) is 1.27. The van der Waals surface area contributed by atoms with Crippen molar-refractivity contribution in [3.05, 3.63) is 35.4 Å². The first kappa shape index (κ1) is 12.3. The average molecular weight is 221 g/mol. The van der Waals surface area contributed by atoms with Crippen molar-refractivity contribution in [3.8, 4) is 0 Å². The normalized spacial score (nSPS) is 10.6. The third kappa shape index (κ3) is 3.10.